The molecule has 1 aromatic heterocycles. The molecule has 0 fully saturated rings. The number of aryl methyl sites for hydroxylation is 1. The Bertz CT molecular complexity index is 1140. The lowest BCUT2D eigenvalue weighted by molar-refractivity contribution is -0.384. The van der Waals surface area contributed by atoms with Crippen molar-refractivity contribution in [2.45, 2.75) is 27.3 Å². The van der Waals surface area contributed by atoms with Crippen molar-refractivity contribution >= 4 is 17.6 Å². The summed E-state index contributed by atoms with van der Waals surface area (Å²) >= 11 is 0. The Balaban J connectivity index is 1.83. The molecule has 0 spiro atoms. The minimum Gasteiger partial charge on any atom is -0.462 e. The molecule has 0 bridgehead atoms. The average molecular weight is 422 g/mol. The first-order valence-corrected chi connectivity index (χ1v) is 9.67. The predicted octanol–water partition coefficient (Wildman–Crippen LogP) is 3.50. The van der Waals surface area contributed by atoms with Gasteiger partial charge in [-0.15, -0.1) is 0 Å². The molecule has 2 aromatic carbocycles. The zero-order valence-electron chi connectivity index (χ0n) is 17.4. The maximum Gasteiger partial charge on any atom is 0.338 e. The number of carbonyl (C=O) groups excluding carboxylic acids is 2. The first-order valence-electron chi connectivity index (χ1n) is 9.67. The number of non-ortho nitro benzene ring substituents is 1. The molecule has 0 aliphatic carbocycles. The van der Waals surface area contributed by atoms with E-state index in [-0.39, 0.29) is 30.0 Å². The number of aromatic nitrogens is 2. The number of amides is 1. The van der Waals surface area contributed by atoms with E-state index in [2.05, 4.69) is 10.4 Å². The Morgan fingerprint density at radius 3 is 2.45 bits per heavy atom. The molecule has 31 heavy (non-hydrogen) atoms. The summed E-state index contributed by atoms with van der Waals surface area (Å²) in [4.78, 5) is 35.3. The van der Waals surface area contributed by atoms with E-state index >= 15 is 0 Å². The van der Waals surface area contributed by atoms with Crippen LogP contribution in [-0.2, 0) is 11.3 Å². The van der Waals surface area contributed by atoms with E-state index in [1.165, 1.54) is 6.07 Å². The smallest absolute Gasteiger partial charge is 0.338 e. The van der Waals surface area contributed by atoms with Gasteiger partial charge >= 0.3 is 5.97 Å². The monoisotopic (exact) mass is 422 g/mol. The summed E-state index contributed by atoms with van der Waals surface area (Å²) < 4.78 is 6.69. The topological polar surface area (TPSA) is 116 Å². The number of ether oxygens (including phenoxy) is 1. The second kappa shape index (κ2) is 9.21. The Morgan fingerprint density at radius 2 is 1.81 bits per heavy atom. The van der Waals surface area contributed by atoms with Gasteiger partial charge in [0.15, 0.2) is 0 Å². The van der Waals surface area contributed by atoms with Crippen molar-refractivity contribution < 1.29 is 19.2 Å². The van der Waals surface area contributed by atoms with Gasteiger partial charge < -0.3 is 10.1 Å². The summed E-state index contributed by atoms with van der Waals surface area (Å²) in [6, 6.07) is 13.1. The number of esters is 1. The van der Waals surface area contributed by atoms with Crippen LogP contribution in [0.1, 0.15) is 44.6 Å². The molecule has 9 nitrogen and oxygen atoms in total. The Hall–Kier alpha value is -4.01. The molecule has 1 heterocycles. The van der Waals surface area contributed by atoms with Crippen LogP contribution in [0.2, 0.25) is 0 Å². The maximum atomic E-state index is 12.7. The summed E-state index contributed by atoms with van der Waals surface area (Å²) in [6.45, 7) is 5.68. The van der Waals surface area contributed by atoms with Gasteiger partial charge in [-0.2, -0.15) is 5.10 Å². The molecule has 9 heteroatoms. The number of para-hydroxylation sites is 1. The van der Waals surface area contributed by atoms with E-state index in [0.29, 0.717) is 0 Å². The van der Waals surface area contributed by atoms with E-state index in [0.717, 1.165) is 34.8 Å². The van der Waals surface area contributed by atoms with E-state index in [4.69, 9.17) is 4.74 Å². The van der Waals surface area contributed by atoms with Crippen LogP contribution >= 0.6 is 0 Å². The third kappa shape index (κ3) is 4.77. The lowest BCUT2D eigenvalue weighted by Crippen LogP contribution is -2.24. The van der Waals surface area contributed by atoms with Crippen LogP contribution in [0.5, 0.6) is 0 Å². The number of rotatable bonds is 7. The lowest BCUT2D eigenvalue weighted by Gasteiger charge is -2.09. The van der Waals surface area contributed by atoms with Crippen LogP contribution < -0.4 is 5.32 Å². The first kappa shape index (κ1) is 21.7. The summed E-state index contributed by atoms with van der Waals surface area (Å²) in [7, 11) is 0. The number of nitrogens with one attached hydrogen (secondary N) is 1. The fourth-order valence-electron chi connectivity index (χ4n) is 3.20. The number of hydrogen-bond donors (Lipinski definition) is 1. The lowest BCUT2D eigenvalue weighted by atomic mass is 10.1. The number of carbonyl (C=O) groups is 2. The molecule has 0 unspecified atom stereocenters. The van der Waals surface area contributed by atoms with Crippen molar-refractivity contribution in [1.29, 1.82) is 0 Å². The van der Waals surface area contributed by atoms with Crippen LogP contribution in [0.15, 0.2) is 48.5 Å². The minimum absolute atomic E-state index is 0.00279. The summed E-state index contributed by atoms with van der Waals surface area (Å²) in [5, 5.41) is 18.5. The molecule has 0 atom stereocenters. The molecule has 0 saturated heterocycles. The van der Waals surface area contributed by atoms with Crippen LogP contribution in [0.25, 0.3) is 5.69 Å². The fourth-order valence-corrected chi connectivity index (χ4v) is 3.20. The van der Waals surface area contributed by atoms with Gasteiger partial charge in [0, 0.05) is 35.5 Å². The SMILES string of the molecule is CCOC(=O)c1cc(C(=O)NCc2c(C)nn(-c3ccccc3)c2C)cc([N+](=O)[O-])c1. The Labute approximate surface area is 178 Å². The van der Waals surface area contributed by atoms with Gasteiger partial charge in [-0.05, 0) is 39.0 Å². The van der Waals surface area contributed by atoms with Crippen molar-refractivity contribution in [3.8, 4) is 5.69 Å². The predicted molar refractivity (Wildman–Crippen MR) is 113 cm³/mol. The maximum absolute atomic E-state index is 12.7. The number of nitro groups is 1. The van der Waals surface area contributed by atoms with Gasteiger partial charge in [0.1, 0.15) is 0 Å². The van der Waals surface area contributed by atoms with Crippen LogP contribution in [0, 0.1) is 24.0 Å². The summed E-state index contributed by atoms with van der Waals surface area (Å²) in [5.41, 5.74) is 2.96. The zero-order valence-corrected chi connectivity index (χ0v) is 17.4. The number of benzene rings is 2. The van der Waals surface area contributed by atoms with Gasteiger partial charge in [0.2, 0.25) is 0 Å². The van der Waals surface area contributed by atoms with Crippen molar-refractivity contribution in [3.05, 3.63) is 86.7 Å². The third-order valence-corrected chi connectivity index (χ3v) is 4.77. The molecule has 0 radical (unpaired) electrons. The molecule has 3 rings (SSSR count). The fraction of sp³-hybridized carbons (Fsp3) is 0.227. The number of hydrogen-bond acceptors (Lipinski definition) is 6. The van der Waals surface area contributed by atoms with Gasteiger partial charge in [-0.1, -0.05) is 18.2 Å². The summed E-state index contributed by atoms with van der Waals surface area (Å²) in [5.74, 6) is -1.27. The second-order valence-electron chi connectivity index (χ2n) is 6.83. The normalized spacial score (nSPS) is 10.5. The van der Waals surface area contributed by atoms with E-state index in [9.17, 15) is 19.7 Å². The molecule has 160 valence electrons. The van der Waals surface area contributed by atoms with Crippen LogP contribution in [0.3, 0.4) is 0 Å². The average Bonchev–Trinajstić information content (AvgIpc) is 3.05. The minimum atomic E-state index is -0.726. The number of nitro benzene ring substituents is 1. The highest BCUT2D eigenvalue weighted by atomic mass is 16.6. The standard InChI is InChI=1S/C22H22N4O5/c1-4-31-22(28)17-10-16(11-19(12-17)26(29)30)21(27)23-13-20-14(2)24-25(15(20)3)18-8-6-5-7-9-18/h5-12H,4,13H2,1-3H3,(H,23,27). The highest BCUT2D eigenvalue weighted by molar-refractivity contribution is 5.99. The van der Waals surface area contributed by atoms with E-state index in [1.807, 2.05) is 44.2 Å². The van der Waals surface area contributed by atoms with Gasteiger partial charge in [0.05, 0.1) is 28.5 Å². The first-order chi connectivity index (χ1) is 14.8. The highest BCUT2D eigenvalue weighted by Crippen LogP contribution is 2.20. The van der Waals surface area contributed by atoms with Crippen LogP contribution in [-0.4, -0.2) is 33.2 Å². The third-order valence-electron chi connectivity index (χ3n) is 4.77. The second-order valence-corrected chi connectivity index (χ2v) is 6.83. The Morgan fingerprint density at radius 1 is 1.13 bits per heavy atom. The van der Waals surface area contributed by atoms with Crippen molar-refractivity contribution in [2.75, 3.05) is 6.61 Å². The highest BCUT2D eigenvalue weighted by Gasteiger charge is 2.20. The van der Waals surface area contributed by atoms with Crippen LogP contribution in [0.4, 0.5) is 5.69 Å². The van der Waals surface area contributed by atoms with E-state index < -0.39 is 16.8 Å². The molecule has 0 aliphatic rings. The summed E-state index contributed by atoms with van der Waals surface area (Å²) in [6.07, 6.45) is 0. The van der Waals surface area contributed by atoms with Crippen molar-refractivity contribution in [2.24, 2.45) is 0 Å². The van der Waals surface area contributed by atoms with E-state index in [1.54, 1.807) is 11.6 Å². The molecule has 0 aliphatic heterocycles. The van der Waals surface area contributed by atoms with Crippen molar-refractivity contribution in [3.63, 3.8) is 0 Å². The zero-order chi connectivity index (χ0) is 22.5. The number of nitrogens with zero attached hydrogens (tertiary/aromatic N) is 3. The van der Waals surface area contributed by atoms with Gasteiger partial charge in [-0.25, -0.2) is 9.48 Å². The molecular formula is C22H22N4O5. The Kier molecular flexibility index (Phi) is 6.44. The molecule has 1 N–H and O–H groups in total. The molecule has 1 amide bonds. The molecule has 3 aromatic rings. The molecular weight excluding hydrogens is 400 g/mol. The van der Waals surface area contributed by atoms with Crippen molar-refractivity contribution in [1.82, 2.24) is 15.1 Å². The largest absolute Gasteiger partial charge is 0.462 e. The molecule has 0 saturated carbocycles. The quantitative estimate of drug-likeness (QED) is 0.354. The van der Waals surface area contributed by atoms with Gasteiger partial charge in [0.25, 0.3) is 11.6 Å². The van der Waals surface area contributed by atoms with Gasteiger partial charge in [-0.3, -0.25) is 14.9 Å².